The highest BCUT2D eigenvalue weighted by Crippen LogP contribution is 2.40. The van der Waals surface area contributed by atoms with Gasteiger partial charge in [0.05, 0.1) is 17.7 Å². The van der Waals surface area contributed by atoms with Crippen LogP contribution in [-0.2, 0) is 11.7 Å². The summed E-state index contributed by atoms with van der Waals surface area (Å²) in [6, 6.07) is 6.09. The Balaban J connectivity index is 2.16. The molecule has 0 saturated carbocycles. The van der Waals surface area contributed by atoms with Gasteiger partial charge in [-0.1, -0.05) is 6.07 Å². The Morgan fingerprint density at radius 2 is 2.00 bits per heavy atom. The topological polar surface area (TPSA) is 48.1 Å². The van der Waals surface area contributed by atoms with Crippen LogP contribution in [-0.4, -0.2) is 11.6 Å². The maximum atomic E-state index is 13.5. The van der Waals surface area contributed by atoms with Crippen molar-refractivity contribution in [1.82, 2.24) is 4.98 Å². The Labute approximate surface area is 123 Å². The van der Waals surface area contributed by atoms with Crippen LogP contribution in [0.1, 0.15) is 23.2 Å². The van der Waals surface area contributed by atoms with Crippen molar-refractivity contribution in [3.05, 3.63) is 59.2 Å². The predicted molar refractivity (Wildman–Crippen MR) is 70.7 cm³/mol. The van der Waals surface area contributed by atoms with Crippen LogP contribution in [0.15, 0.2) is 36.5 Å². The van der Waals surface area contributed by atoms with Gasteiger partial charge in [0.15, 0.2) is 0 Å². The number of alkyl halides is 3. The van der Waals surface area contributed by atoms with Gasteiger partial charge in [0.2, 0.25) is 0 Å². The van der Waals surface area contributed by atoms with E-state index in [1.54, 1.807) is 12.1 Å². The van der Waals surface area contributed by atoms with Gasteiger partial charge in [-0.05, 0) is 29.8 Å². The van der Waals surface area contributed by atoms with Gasteiger partial charge in [-0.15, -0.1) is 0 Å². The molecular formula is C15H12F4N2O. The van der Waals surface area contributed by atoms with Crippen LogP contribution >= 0.6 is 0 Å². The molecule has 1 aliphatic rings. The van der Waals surface area contributed by atoms with Crippen molar-refractivity contribution in [2.24, 2.45) is 5.73 Å². The van der Waals surface area contributed by atoms with E-state index in [4.69, 9.17) is 10.5 Å². The van der Waals surface area contributed by atoms with Crippen molar-refractivity contribution < 1.29 is 22.3 Å². The van der Waals surface area contributed by atoms with E-state index >= 15 is 0 Å². The Bertz CT molecular complexity index is 717. The number of hydrogen-bond donors (Lipinski definition) is 1. The molecule has 0 radical (unpaired) electrons. The molecule has 1 aliphatic heterocycles. The molecule has 2 N–H and O–H groups in total. The highest BCUT2D eigenvalue weighted by Gasteiger charge is 2.40. The van der Waals surface area contributed by atoms with E-state index in [2.05, 4.69) is 4.98 Å². The lowest BCUT2D eigenvalue weighted by molar-refractivity contribution is -0.140. The Morgan fingerprint density at radius 3 is 2.73 bits per heavy atom. The molecular weight excluding hydrogens is 300 g/mol. The number of fused-ring (bicyclic) bond motifs is 1. The van der Waals surface area contributed by atoms with Crippen molar-refractivity contribution in [3.8, 4) is 5.75 Å². The third-order valence-electron chi connectivity index (χ3n) is 3.73. The number of hydrogen-bond acceptors (Lipinski definition) is 3. The molecule has 0 fully saturated rings. The van der Waals surface area contributed by atoms with Gasteiger partial charge in [-0.2, -0.15) is 13.2 Å². The number of aromatic nitrogens is 1. The number of pyridine rings is 1. The second-order valence-electron chi connectivity index (χ2n) is 5.11. The summed E-state index contributed by atoms with van der Waals surface area (Å²) in [4.78, 5) is 4.14. The number of nitrogens with zero attached hydrogens (tertiary/aromatic N) is 1. The number of halogens is 4. The van der Waals surface area contributed by atoms with E-state index in [0.717, 1.165) is 12.1 Å². The van der Waals surface area contributed by atoms with Crippen molar-refractivity contribution in [2.45, 2.75) is 18.1 Å². The highest BCUT2D eigenvalue weighted by molar-refractivity contribution is 5.45. The summed E-state index contributed by atoms with van der Waals surface area (Å²) in [7, 11) is 0. The predicted octanol–water partition coefficient (Wildman–Crippen LogP) is 3.22. The first-order valence-corrected chi connectivity index (χ1v) is 6.57. The molecule has 116 valence electrons. The lowest BCUT2D eigenvalue weighted by Gasteiger charge is -2.35. The first kappa shape index (κ1) is 14.8. The summed E-state index contributed by atoms with van der Waals surface area (Å²) < 4.78 is 57.6. The number of nitrogens with two attached hydrogens (primary N) is 1. The van der Waals surface area contributed by atoms with Gasteiger partial charge in [-0.3, -0.25) is 4.98 Å². The molecule has 0 bridgehead atoms. The minimum Gasteiger partial charge on any atom is -0.491 e. The standard InChI is InChI=1S/C15H12F4N2O/c16-11-4-3-9(8-10(11)15(17,18)19)14(20)5-7-22-12-2-1-6-21-13(12)14/h1-4,6,8H,5,7,20H2. The summed E-state index contributed by atoms with van der Waals surface area (Å²) in [6.45, 7) is 0.244. The molecule has 2 aromatic rings. The lowest BCUT2D eigenvalue weighted by Crippen LogP contribution is -2.43. The number of ether oxygens (including phenoxy) is 1. The summed E-state index contributed by atoms with van der Waals surface area (Å²) in [6.07, 6.45) is -3.04. The molecule has 1 aromatic carbocycles. The fourth-order valence-corrected chi connectivity index (χ4v) is 2.58. The molecule has 0 saturated heterocycles. The van der Waals surface area contributed by atoms with Gasteiger partial charge in [-0.25, -0.2) is 4.39 Å². The lowest BCUT2D eigenvalue weighted by atomic mass is 9.82. The molecule has 1 aromatic heterocycles. The van der Waals surface area contributed by atoms with E-state index in [1.807, 2.05) is 0 Å². The van der Waals surface area contributed by atoms with Crippen molar-refractivity contribution >= 4 is 0 Å². The highest BCUT2D eigenvalue weighted by atomic mass is 19.4. The fourth-order valence-electron chi connectivity index (χ4n) is 2.58. The van der Waals surface area contributed by atoms with Crippen LogP contribution < -0.4 is 10.5 Å². The van der Waals surface area contributed by atoms with Crippen LogP contribution in [0.5, 0.6) is 5.75 Å². The summed E-state index contributed by atoms with van der Waals surface area (Å²) in [5.74, 6) is -0.901. The largest absolute Gasteiger partial charge is 0.491 e. The molecule has 0 aliphatic carbocycles. The molecule has 2 heterocycles. The zero-order valence-corrected chi connectivity index (χ0v) is 11.3. The van der Waals surface area contributed by atoms with Crippen LogP contribution in [0.4, 0.5) is 17.6 Å². The summed E-state index contributed by atoms with van der Waals surface area (Å²) in [5, 5.41) is 0. The van der Waals surface area contributed by atoms with Crippen LogP contribution in [0, 0.1) is 5.82 Å². The normalized spacial score (nSPS) is 21.1. The second-order valence-corrected chi connectivity index (χ2v) is 5.11. The third kappa shape index (κ3) is 2.31. The SMILES string of the molecule is NC1(c2ccc(F)c(C(F)(F)F)c2)CCOc2cccnc21. The van der Waals surface area contributed by atoms with Crippen molar-refractivity contribution in [1.29, 1.82) is 0 Å². The Morgan fingerprint density at radius 1 is 1.23 bits per heavy atom. The zero-order valence-electron chi connectivity index (χ0n) is 11.3. The fraction of sp³-hybridized carbons (Fsp3) is 0.267. The first-order chi connectivity index (χ1) is 10.3. The van der Waals surface area contributed by atoms with Gasteiger partial charge in [0.1, 0.15) is 17.3 Å². The maximum absolute atomic E-state index is 13.5. The van der Waals surface area contributed by atoms with Gasteiger partial charge < -0.3 is 10.5 Å². The molecule has 22 heavy (non-hydrogen) atoms. The minimum atomic E-state index is -4.78. The second kappa shape index (κ2) is 4.95. The molecule has 7 heteroatoms. The monoisotopic (exact) mass is 312 g/mol. The van der Waals surface area contributed by atoms with Crippen LogP contribution in [0.2, 0.25) is 0 Å². The van der Waals surface area contributed by atoms with Gasteiger partial charge >= 0.3 is 6.18 Å². The van der Waals surface area contributed by atoms with Crippen molar-refractivity contribution in [3.63, 3.8) is 0 Å². The smallest absolute Gasteiger partial charge is 0.419 e. The van der Waals surface area contributed by atoms with E-state index < -0.39 is 23.1 Å². The summed E-state index contributed by atoms with van der Waals surface area (Å²) in [5.41, 5.74) is 4.25. The Hall–Kier alpha value is -2.15. The number of rotatable bonds is 1. The molecule has 3 rings (SSSR count). The summed E-state index contributed by atoms with van der Waals surface area (Å²) >= 11 is 0. The van der Waals surface area contributed by atoms with Crippen LogP contribution in [0.25, 0.3) is 0 Å². The quantitative estimate of drug-likeness (QED) is 0.823. The zero-order chi connectivity index (χ0) is 16.0. The van der Waals surface area contributed by atoms with Gasteiger partial charge in [0.25, 0.3) is 0 Å². The molecule has 3 nitrogen and oxygen atoms in total. The average Bonchev–Trinajstić information content (AvgIpc) is 2.47. The minimum absolute atomic E-state index is 0.157. The average molecular weight is 312 g/mol. The maximum Gasteiger partial charge on any atom is 0.419 e. The molecule has 0 amide bonds. The molecule has 1 unspecified atom stereocenters. The van der Waals surface area contributed by atoms with Gasteiger partial charge in [0, 0.05) is 12.6 Å². The Kier molecular flexibility index (Phi) is 3.32. The van der Waals surface area contributed by atoms with E-state index in [-0.39, 0.29) is 18.6 Å². The first-order valence-electron chi connectivity index (χ1n) is 6.57. The number of benzene rings is 1. The molecule has 0 spiro atoms. The van der Waals surface area contributed by atoms with Crippen molar-refractivity contribution in [2.75, 3.05) is 6.61 Å². The third-order valence-corrected chi connectivity index (χ3v) is 3.73. The molecule has 1 atom stereocenters. The van der Waals surface area contributed by atoms with E-state index in [1.165, 1.54) is 12.3 Å². The van der Waals surface area contributed by atoms with E-state index in [0.29, 0.717) is 11.4 Å². The van der Waals surface area contributed by atoms with E-state index in [9.17, 15) is 17.6 Å². The van der Waals surface area contributed by atoms with Crippen LogP contribution in [0.3, 0.4) is 0 Å².